The van der Waals surface area contributed by atoms with Crippen LogP contribution < -0.4 is 5.73 Å². The minimum atomic E-state index is 0.0391. The minimum absolute atomic E-state index is 0.0391. The third-order valence-corrected chi connectivity index (χ3v) is 2.91. The molecule has 2 heterocycles. The number of rotatable bonds is 4. The van der Waals surface area contributed by atoms with E-state index in [1.54, 1.807) is 10.9 Å². The average molecular weight is 235 g/mol. The van der Waals surface area contributed by atoms with Crippen LogP contribution in [0.2, 0.25) is 0 Å². The highest BCUT2D eigenvalue weighted by Crippen LogP contribution is 2.21. The standard InChI is InChI=1S/C11H17N5O/c1-4-9(12)7(2)11-14-10(15-17-11)8-5-13-16(3)6-8/h5-7,9H,4,12H2,1-3H3. The molecule has 0 spiro atoms. The van der Waals surface area contributed by atoms with Gasteiger partial charge in [0, 0.05) is 19.3 Å². The van der Waals surface area contributed by atoms with Crippen LogP contribution in [-0.4, -0.2) is 26.0 Å². The van der Waals surface area contributed by atoms with Crippen LogP contribution in [0.5, 0.6) is 0 Å². The molecule has 0 saturated carbocycles. The van der Waals surface area contributed by atoms with Gasteiger partial charge in [-0.25, -0.2) is 0 Å². The van der Waals surface area contributed by atoms with Crippen LogP contribution in [0.3, 0.4) is 0 Å². The van der Waals surface area contributed by atoms with Gasteiger partial charge in [-0.15, -0.1) is 0 Å². The maximum absolute atomic E-state index is 5.96. The number of nitrogens with two attached hydrogens (primary N) is 1. The predicted octanol–water partition coefficient (Wildman–Crippen LogP) is 1.31. The first-order chi connectivity index (χ1) is 8.11. The van der Waals surface area contributed by atoms with Gasteiger partial charge < -0.3 is 10.3 Å². The van der Waals surface area contributed by atoms with Crippen LogP contribution in [0.15, 0.2) is 16.9 Å². The Hall–Kier alpha value is -1.69. The Balaban J connectivity index is 2.21. The lowest BCUT2D eigenvalue weighted by molar-refractivity contribution is 0.340. The van der Waals surface area contributed by atoms with E-state index in [0.717, 1.165) is 12.0 Å². The molecule has 0 radical (unpaired) electrons. The molecule has 2 N–H and O–H groups in total. The third kappa shape index (κ3) is 2.36. The van der Waals surface area contributed by atoms with Crippen molar-refractivity contribution in [2.24, 2.45) is 12.8 Å². The normalized spacial score (nSPS) is 14.8. The molecule has 6 heteroatoms. The number of aryl methyl sites for hydroxylation is 1. The molecule has 2 aromatic heterocycles. The van der Waals surface area contributed by atoms with E-state index in [9.17, 15) is 0 Å². The van der Waals surface area contributed by atoms with Gasteiger partial charge in [-0.1, -0.05) is 19.0 Å². The molecular formula is C11H17N5O. The van der Waals surface area contributed by atoms with Crippen molar-refractivity contribution >= 4 is 0 Å². The maximum atomic E-state index is 5.96. The largest absolute Gasteiger partial charge is 0.339 e. The minimum Gasteiger partial charge on any atom is -0.339 e. The molecule has 0 amide bonds. The second kappa shape index (κ2) is 4.67. The maximum Gasteiger partial charge on any atom is 0.231 e. The zero-order valence-electron chi connectivity index (χ0n) is 10.3. The highest BCUT2D eigenvalue weighted by atomic mass is 16.5. The molecule has 0 aromatic carbocycles. The Morgan fingerprint density at radius 2 is 2.29 bits per heavy atom. The van der Waals surface area contributed by atoms with Crippen molar-refractivity contribution in [2.45, 2.75) is 32.2 Å². The van der Waals surface area contributed by atoms with E-state index in [1.807, 2.05) is 27.1 Å². The molecule has 6 nitrogen and oxygen atoms in total. The molecule has 0 saturated heterocycles. The van der Waals surface area contributed by atoms with E-state index < -0.39 is 0 Å². The summed E-state index contributed by atoms with van der Waals surface area (Å²) >= 11 is 0. The summed E-state index contributed by atoms with van der Waals surface area (Å²) < 4.78 is 6.94. The van der Waals surface area contributed by atoms with Crippen molar-refractivity contribution in [3.8, 4) is 11.4 Å². The fraction of sp³-hybridized carbons (Fsp3) is 0.545. The van der Waals surface area contributed by atoms with Crippen LogP contribution in [0, 0.1) is 0 Å². The molecule has 2 aromatic rings. The molecule has 0 aliphatic carbocycles. The molecule has 2 unspecified atom stereocenters. The Bertz CT molecular complexity index is 490. The molecule has 2 rings (SSSR count). The smallest absolute Gasteiger partial charge is 0.231 e. The fourth-order valence-corrected chi connectivity index (χ4v) is 1.61. The first kappa shape index (κ1) is 11.8. The van der Waals surface area contributed by atoms with E-state index in [-0.39, 0.29) is 12.0 Å². The summed E-state index contributed by atoms with van der Waals surface area (Å²) in [5.41, 5.74) is 6.80. The fourth-order valence-electron chi connectivity index (χ4n) is 1.61. The summed E-state index contributed by atoms with van der Waals surface area (Å²) in [7, 11) is 1.85. The van der Waals surface area contributed by atoms with E-state index in [4.69, 9.17) is 10.3 Å². The lowest BCUT2D eigenvalue weighted by atomic mass is 10.0. The van der Waals surface area contributed by atoms with Crippen LogP contribution in [0.4, 0.5) is 0 Å². The Labute approximate surface area is 99.8 Å². The molecular weight excluding hydrogens is 218 g/mol. The molecule has 0 aliphatic rings. The molecule has 0 bridgehead atoms. The van der Waals surface area contributed by atoms with Gasteiger partial charge in [0.05, 0.1) is 17.7 Å². The first-order valence-electron chi connectivity index (χ1n) is 5.70. The highest BCUT2D eigenvalue weighted by Gasteiger charge is 2.20. The van der Waals surface area contributed by atoms with Crippen molar-refractivity contribution in [2.75, 3.05) is 0 Å². The van der Waals surface area contributed by atoms with Gasteiger partial charge in [0.15, 0.2) is 0 Å². The van der Waals surface area contributed by atoms with Crippen molar-refractivity contribution in [1.29, 1.82) is 0 Å². The number of hydrogen-bond acceptors (Lipinski definition) is 5. The molecule has 2 atom stereocenters. The van der Waals surface area contributed by atoms with Crippen molar-refractivity contribution in [3.05, 3.63) is 18.3 Å². The number of aromatic nitrogens is 4. The Morgan fingerprint density at radius 1 is 1.53 bits per heavy atom. The predicted molar refractivity (Wildman–Crippen MR) is 63.2 cm³/mol. The third-order valence-electron chi connectivity index (χ3n) is 2.91. The van der Waals surface area contributed by atoms with E-state index in [1.165, 1.54) is 0 Å². The van der Waals surface area contributed by atoms with Crippen LogP contribution in [0.25, 0.3) is 11.4 Å². The summed E-state index contributed by atoms with van der Waals surface area (Å²) in [6, 6.07) is 0.0391. The summed E-state index contributed by atoms with van der Waals surface area (Å²) in [6.45, 7) is 4.04. The second-order valence-electron chi connectivity index (χ2n) is 4.22. The lowest BCUT2D eigenvalue weighted by Gasteiger charge is -2.13. The molecule has 92 valence electrons. The molecule has 0 fully saturated rings. The van der Waals surface area contributed by atoms with Crippen LogP contribution >= 0.6 is 0 Å². The SMILES string of the molecule is CCC(N)C(C)c1nc(-c2cnn(C)c2)no1. The summed E-state index contributed by atoms with van der Waals surface area (Å²) in [4.78, 5) is 4.35. The first-order valence-corrected chi connectivity index (χ1v) is 5.70. The average Bonchev–Trinajstić information content (AvgIpc) is 2.95. The zero-order valence-corrected chi connectivity index (χ0v) is 10.3. The Morgan fingerprint density at radius 3 is 2.88 bits per heavy atom. The van der Waals surface area contributed by atoms with E-state index in [0.29, 0.717) is 11.7 Å². The van der Waals surface area contributed by atoms with Crippen molar-refractivity contribution in [3.63, 3.8) is 0 Å². The van der Waals surface area contributed by atoms with Crippen LogP contribution in [0.1, 0.15) is 32.1 Å². The van der Waals surface area contributed by atoms with Crippen molar-refractivity contribution < 1.29 is 4.52 Å². The monoisotopic (exact) mass is 235 g/mol. The van der Waals surface area contributed by atoms with Gasteiger partial charge in [-0.3, -0.25) is 4.68 Å². The number of hydrogen-bond donors (Lipinski definition) is 1. The van der Waals surface area contributed by atoms with Gasteiger partial charge >= 0.3 is 0 Å². The van der Waals surface area contributed by atoms with Crippen LogP contribution in [-0.2, 0) is 7.05 Å². The van der Waals surface area contributed by atoms with Gasteiger partial charge in [0.1, 0.15) is 0 Å². The summed E-state index contributed by atoms with van der Waals surface area (Å²) in [5.74, 6) is 1.21. The van der Waals surface area contributed by atoms with Crippen molar-refractivity contribution in [1.82, 2.24) is 19.9 Å². The van der Waals surface area contributed by atoms with E-state index >= 15 is 0 Å². The van der Waals surface area contributed by atoms with Gasteiger partial charge in [-0.2, -0.15) is 10.1 Å². The summed E-state index contributed by atoms with van der Waals surface area (Å²) in [6.07, 6.45) is 4.43. The Kier molecular flexibility index (Phi) is 3.23. The molecule has 0 aliphatic heterocycles. The zero-order chi connectivity index (χ0) is 12.4. The quantitative estimate of drug-likeness (QED) is 0.863. The number of nitrogens with zero attached hydrogens (tertiary/aromatic N) is 4. The van der Waals surface area contributed by atoms with E-state index in [2.05, 4.69) is 15.2 Å². The second-order valence-corrected chi connectivity index (χ2v) is 4.22. The topological polar surface area (TPSA) is 82.8 Å². The van der Waals surface area contributed by atoms with Gasteiger partial charge in [-0.05, 0) is 6.42 Å². The lowest BCUT2D eigenvalue weighted by Crippen LogP contribution is -2.25. The highest BCUT2D eigenvalue weighted by molar-refractivity contribution is 5.51. The molecule has 17 heavy (non-hydrogen) atoms. The van der Waals surface area contributed by atoms with Gasteiger partial charge in [0.25, 0.3) is 0 Å². The van der Waals surface area contributed by atoms with Gasteiger partial charge in [0.2, 0.25) is 11.7 Å². The summed E-state index contributed by atoms with van der Waals surface area (Å²) in [5, 5.41) is 8.01.